The highest BCUT2D eigenvalue weighted by molar-refractivity contribution is 6.09. The van der Waals surface area contributed by atoms with Crippen LogP contribution in [0.25, 0.3) is 16.8 Å². The Balaban J connectivity index is 1.22. The van der Waals surface area contributed by atoms with Gasteiger partial charge >= 0.3 is 0 Å². The molecule has 1 aliphatic heterocycles. The zero-order valence-electron chi connectivity index (χ0n) is 21.3. The Kier molecular flexibility index (Phi) is 7.32. The molecule has 202 valence electrons. The van der Waals surface area contributed by atoms with Gasteiger partial charge in [0.15, 0.2) is 0 Å². The molecule has 5 rings (SSSR count). The van der Waals surface area contributed by atoms with E-state index in [2.05, 4.69) is 25.8 Å². The maximum absolute atomic E-state index is 14.6. The van der Waals surface area contributed by atoms with Gasteiger partial charge in [0, 0.05) is 30.9 Å². The highest BCUT2D eigenvalue weighted by Gasteiger charge is 2.22. The number of likely N-dealkylation sites (tertiary alicyclic amines) is 1. The number of amides is 3. The Morgan fingerprint density at radius 1 is 1.08 bits per heavy atom. The first kappa shape index (κ1) is 26.0. The molecular weight excluding hydrogens is 505 g/mol. The number of aromatic nitrogens is 5. The quantitative estimate of drug-likeness (QED) is 0.313. The number of primary amides is 1. The Morgan fingerprint density at radius 3 is 2.59 bits per heavy atom. The molecule has 0 radical (unpaired) electrons. The molecule has 3 amide bonds. The number of rotatable bonds is 8. The first-order valence-electron chi connectivity index (χ1n) is 12.5. The molecule has 0 aliphatic carbocycles. The summed E-state index contributed by atoms with van der Waals surface area (Å²) in [7, 11) is 1.80. The highest BCUT2D eigenvalue weighted by Crippen LogP contribution is 2.23. The van der Waals surface area contributed by atoms with Crippen molar-refractivity contribution in [3.63, 3.8) is 0 Å². The summed E-state index contributed by atoms with van der Waals surface area (Å²) < 4.78 is 17.7. The van der Waals surface area contributed by atoms with Crippen LogP contribution in [0.15, 0.2) is 49.2 Å². The number of halogens is 1. The Hall–Kier alpha value is -4.65. The Labute approximate surface area is 223 Å². The highest BCUT2D eigenvalue weighted by atomic mass is 19.1. The molecular formula is C26H28FN9O3. The minimum atomic E-state index is -0.647. The van der Waals surface area contributed by atoms with Crippen LogP contribution in [-0.4, -0.2) is 66.6 Å². The molecule has 1 aliphatic rings. The van der Waals surface area contributed by atoms with Crippen molar-refractivity contribution in [2.45, 2.75) is 19.3 Å². The number of anilines is 2. The lowest BCUT2D eigenvalue weighted by molar-refractivity contribution is -0.120. The Bertz CT molecular complexity index is 1540. The minimum Gasteiger partial charge on any atom is -0.370 e. The number of nitrogens with one attached hydrogen (secondary N) is 2. The van der Waals surface area contributed by atoms with Gasteiger partial charge in [-0.3, -0.25) is 28.9 Å². The van der Waals surface area contributed by atoms with Crippen molar-refractivity contribution in [2.75, 3.05) is 30.3 Å². The van der Waals surface area contributed by atoms with Gasteiger partial charge in [-0.25, -0.2) is 8.91 Å². The second-order valence-corrected chi connectivity index (χ2v) is 9.65. The van der Waals surface area contributed by atoms with E-state index in [-0.39, 0.29) is 35.5 Å². The third kappa shape index (κ3) is 6.09. The van der Waals surface area contributed by atoms with E-state index in [0.29, 0.717) is 36.4 Å². The van der Waals surface area contributed by atoms with Gasteiger partial charge in [-0.1, -0.05) is 0 Å². The zero-order chi connectivity index (χ0) is 27.5. The van der Waals surface area contributed by atoms with E-state index < -0.39 is 11.7 Å². The number of benzene rings is 1. The van der Waals surface area contributed by atoms with Gasteiger partial charge in [-0.05, 0) is 50.0 Å². The summed E-state index contributed by atoms with van der Waals surface area (Å²) >= 11 is 0. The van der Waals surface area contributed by atoms with Gasteiger partial charge in [0.1, 0.15) is 5.82 Å². The molecule has 0 atom stereocenters. The number of fused-ring (bicyclic) bond motifs is 1. The van der Waals surface area contributed by atoms with E-state index in [1.165, 1.54) is 35.1 Å². The van der Waals surface area contributed by atoms with Crippen molar-refractivity contribution >= 4 is 34.6 Å². The number of aryl methyl sites for hydroxylation is 1. The maximum atomic E-state index is 14.6. The molecule has 0 unspecified atom stereocenters. The van der Waals surface area contributed by atoms with E-state index in [9.17, 15) is 18.8 Å². The third-order valence-electron chi connectivity index (χ3n) is 6.71. The van der Waals surface area contributed by atoms with Crippen LogP contribution in [0.5, 0.6) is 0 Å². The summed E-state index contributed by atoms with van der Waals surface area (Å²) in [6, 6.07) is 3.98. The monoisotopic (exact) mass is 533 g/mol. The first-order chi connectivity index (χ1) is 18.7. The number of carbonyl (C=O) groups excluding carboxylic acids is 3. The number of nitrogens with zero attached hydrogens (tertiary/aromatic N) is 6. The summed E-state index contributed by atoms with van der Waals surface area (Å²) in [4.78, 5) is 43.1. The fraction of sp³-hybridized carbons (Fsp3) is 0.308. The predicted octanol–water partition coefficient (Wildman–Crippen LogP) is 2.05. The van der Waals surface area contributed by atoms with Gasteiger partial charge in [0.05, 0.1) is 53.8 Å². The summed E-state index contributed by atoms with van der Waals surface area (Å²) in [5.41, 5.74) is 7.65. The predicted molar refractivity (Wildman–Crippen MR) is 141 cm³/mol. The van der Waals surface area contributed by atoms with E-state index in [1.807, 2.05) is 11.1 Å². The van der Waals surface area contributed by atoms with E-state index in [1.54, 1.807) is 24.1 Å². The smallest absolute Gasteiger partial charge is 0.259 e. The normalized spacial score (nSPS) is 14.4. The average Bonchev–Trinajstić information content (AvgIpc) is 3.53. The molecule has 4 heterocycles. The molecule has 39 heavy (non-hydrogen) atoms. The molecule has 1 fully saturated rings. The van der Waals surface area contributed by atoms with Crippen LogP contribution in [0.2, 0.25) is 0 Å². The van der Waals surface area contributed by atoms with Crippen LogP contribution in [0.4, 0.5) is 15.8 Å². The van der Waals surface area contributed by atoms with Crippen molar-refractivity contribution < 1.29 is 18.8 Å². The summed E-state index contributed by atoms with van der Waals surface area (Å²) in [6.45, 7) is 1.54. The lowest BCUT2D eigenvalue weighted by Gasteiger charge is -2.30. The molecule has 0 bridgehead atoms. The SMILES string of the molecule is Cn1cc(-c2cn3ncc(C(=O)Nc4cc(NC(=O)CN5CCC(CC(N)=O)CC5)ccc4F)c3cn2)cn1. The van der Waals surface area contributed by atoms with Crippen LogP contribution in [0.3, 0.4) is 0 Å². The zero-order valence-corrected chi connectivity index (χ0v) is 21.3. The first-order valence-corrected chi connectivity index (χ1v) is 12.5. The molecule has 1 aromatic carbocycles. The number of carbonyl (C=O) groups is 3. The minimum absolute atomic E-state index is 0.0793. The Morgan fingerprint density at radius 2 is 1.87 bits per heavy atom. The summed E-state index contributed by atoms with van der Waals surface area (Å²) in [5.74, 6) is -1.53. The lowest BCUT2D eigenvalue weighted by atomic mass is 9.93. The second-order valence-electron chi connectivity index (χ2n) is 9.65. The molecule has 0 saturated carbocycles. The molecule has 13 heteroatoms. The summed E-state index contributed by atoms with van der Waals surface area (Å²) in [5, 5.41) is 13.7. The van der Waals surface area contributed by atoms with Crippen LogP contribution in [0.1, 0.15) is 29.6 Å². The average molecular weight is 534 g/mol. The van der Waals surface area contributed by atoms with Gasteiger partial charge in [-0.15, -0.1) is 0 Å². The van der Waals surface area contributed by atoms with Gasteiger partial charge in [-0.2, -0.15) is 10.2 Å². The van der Waals surface area contributed by atoms with Crippen molar-refractivity contribution in [1.29, 1.82) is 0 Å². The number of hydrogen-bond donors (Lipinski definition) is 3. The van der Waals surface area contributed by atoms with Crippen LogP contribution in [-0.2, 0) is 16.6 Å². The van der Waals surface area contributed by atoms with Crippen molar-refractivity contribution in [2.24, 2.45) is 18.7 Å². The molecule has 4 aromatic rings. The van der Waals surface area contributed by atoms with E-state index >= 15 is 0 Å². The van der Waals surface area contributed by atoms with Crippen molar-refractivity contribution in [3.05, 3.63) is 60.6 Å². The summed E-state index contributed by atoms with van der Waals surface area (Å²) in [6.07, 6.45) is 10.0. The molecule has 4 N–H and O–H groups in total. The van der Waals surface area contributed by atoms with Crippen molar-refractivity contribution in [1.82, 2.24) is 29.3 Å². The largest absolute Gasteiger partial charge is 0.370 e. The topological polar surface area (TPSA) is 153 Å². The fourth-order valence-corrected chi connectivity index (χ4v) is 4.69. The van der Waals surface area contributed by atoms with Crippen LogP contribution < -0.4 is 16.4 Å². The molecule has 3 aromatic heterocycles. The standard InChI is InChI=1S/C26H28FN9O3/c1-34-13-17(10-30-34)22-14-36-23(12-29-22)19(11-31-36)26(39)33-21-9-18(2-3-20(21)27)32-25(38)15-35-6-4-16(5-7-35)8-24(28)37/h2-3,9-14,16H,4-8,15H2,1H3,(H2,28,37)(H,32,38)(H,33,39). The van der Waals surface area contributed by atoms with Gasteiger partial charge in [0.25, 0.3) is 5.91 Å². The van der Waals surface area contributed by atoms with Gasteiger partial charge in [0.2, 0.25) is 11.8 Å². The molecule has 0 spiro atoms. The number of nitrogens with two attached hydrogens (primary N) is 1. The molecule has 1 saturated heterocycles. The van der Waals surface area contributed by atoms with E-state index in [0.717, 1.165) is 18.4 Å². The van der Waals surface area contributed by atoms with E-state index in [4.69, 9.17) is 5.73 Å². The number of hydrogen-bond acceptors (Lipinski definition) is 7. The van der Waals surface area contributed by atoms with Crippen LogP contribution in [0, 0.1) is 11.7 Å². The molecule has 12 nitrogen and oxygen atoms in total. The number of piperidine rings is 1. The second kappa shape index (κ2) is 11.0. The maximum Gasteiger partial charge on any atom is 0.259 e. The van der Waals surface area contributed by atoms with Gasteiger partial charge < -0.3 is 16.4 Å². The third-order valence-corrected chi connectivity index (χ3v) is 6.71. The van der Waals surface area contributed by atoms with Crippen molar-refractivity contribution in [3.8, 4) is 11.3 Å². The fourth-order valence-electron chi connectivity index (χ4n) is 4.69. The van der Waals surface area contributed by atoms with Crippen LogP contribution >= 0.6 is 0 Å². The lowest BCUT2D eigenvalue weighted by Crippen LogP contribution is -2.39.